The van der Waals surface area contributed by atoms with Crippen LogP contribution in [0.1, 0.15) is 29.7 Å². The Morgan fingerprint density at radius 1 is 0.909 bits per heavy atom. The molecule has 0 bridgehead atoms. The molecule has 0 saturated carbocycles. The second kappa shape index (κ2) is 12.2. The predicted octanol–water partition coefficient (Wildman–Crippen LogP) is 5.32. The van der Waals surface area contributed by atoms with Gasteiger partial charge in [0.25, 0.3) is 0 Å². The molecule has 2 atom stereocenters. The number of alkyl carbamates (subject to hydrolysis) is 1. The number of phenolic OH excluding ortho intramolecular Hbond substituents is 1. The molecule has 0 saturated heterocycles. The van der Waals surface area contributed by atoms with Crippen LogP contribution in [0.25, 0.3) is 0 Å². The lowest BCUT2D eigenvalue weighted by molar-refractivity contribution is -0.123. The van der Waals surface area contributed by atoms with Gasteiger partial charge in [-0.25, -0.2) is 4.79 Å². The van der Waals surface area contributed by atoms with Crippen LogP contribution in [-0.2, 0) is 22.6 Å². The SMILES string of the molecule is C[C@H](NC(=O)[C@@H](Cc1cc(I)c(O)c(I)c1)NC(=O)OCc1ccccc1)c1ccccc1. The van der Waals surface area contributed by atoms with Crippen molar-refractivity contribution in [1.82, 2.24) is 10.6 Å². The normalized spacial score (nSPS) is 12.5. The number of halogens is 2. The van der Waals surface area contributed by atoms with E-state index in [1.54, 1.807) is 12.1 Å². The lowest BCUT2D eigenvalue weighted by Crippen LogP contribution is -2.48. The summed E-state index contributed by atoms with van der Waals surface area (Å²) in [4.78, 5) is 25.7. The summed E-state index contributed by atoms with van der Waals surface area (Å²) >= 11 is 4.09. The van der Waals surface area contributed by atoms with Crippen LogP contribution in [0, 0.1) is 7.14 Å². The minimum atomic E-state index is -0.851. The molecule has 0 unspecified atom stereocenters. The molecule has 172 valence electrons. The van der Waals surface area contributed by atoms with E-state index in [-0.39, 0.29) is 30.7 Å². The molecule has 0 aliphatic carbocycles. The monoisotopic (exact) mass is 670 g/mol. The highest BCUT2D eigenvalue weighted by Crippen LogP contribution is 2.28. The molecule has 0 radical (unpaired) electrons. The molecular formula is C25H24I2N2O4. The number of phenols is 1. The number of aromatic hydroxyl groups is 1. The maximum Gasteiger partial charge on any atom is 0.408 e. The van der Waals surface area contributed by atoms with Gasteiger partial charge in [0.15, 0.2) is 0 Å². The van der Waals surface area contributed by atoms with E-state index < -0.39 is 12.1 Å². The van der Waals surface area contributed by atoms with Crippen LogP contribution in [0.15, 0.2) is 72.8 Å². The third-order valence-electron chi connectivity index (χ3n) is 5.00. The van der Waals surface area contributed by atoms with Crippen molar-refractivity contribution in [2.45, 2.75) is 32.0 Å². The third-order valence-corrected chi connectivity index (χ3v) is 6.64. The molecule has 0 spiro atoms. The van der Waals surface area contributed by atoms with Crippen molar-refractivity contribution < 1.29 is 19.4 Å². The Balaban J connectivity index is 1.73. The number of carbonyl (C=O) groups excluding carboxylic acids is 2. The number of nitrogens with one attached hydrogen (secondary N) is 2. The van der Waals surface area contributed by atoms with E-state index in [2.05, 4.69) is 10.6 Å². The van der Waals surface area contributed by atoms with Crippen molar-refractivity contribution >= 4 is 57.2 Å². The molecule has 0 aliphatic rings. The van der Waals surface area contributed by atoms with Gasteiger partial charge in [-0.05, 0) is 80.9 Å². The zero-order valence-corrected chi connectivity index (χ0v) is 22.2. The van der Waals surface area contributed by atoms with E-state index in [1.807, 2.05) is 113 Å². The van der Waals surface area contributed by atoms with Crippen LogP contribution < -0.4 is 10.6 Å². The molecule has 3 rings (SSSR count). The highest BCUT2D eigenvalue weighted by molar-refractivity contribution is 14.1. The van der Waals surface area contributed by atoms with E-state index in [4.69, 9.17) is 4.74 Å². The number of carbonyl (C=O) groups is 2. The fraction of sp³-hybridized carbons (Fsp3) is 0.200. The molecule has 0 aliphatic heterocycles. The summed E-state index contributed by atoms with van der Waals surface area (Å²) in [5.74, 6) is -0.116. The van der Waals surface area contributed by atoms with Gasteiger partial charge in [0.1, 0.15) is 18.4 Å². The lowest BCUT2D eigenvalue weighted by atomic mass is 10.0. The Morgan fingerprint density at radius 3 is 2.09 bits per heavy atom. The Morgan fingerprint density at radius 2 is 1.48 bits per heavy atom. The number of hydrogen-bond acceptors (Lipinski definition) is 4. The van der Waals surface area contributed by atoms with Gasteiger partial charge >= 0.3 is 6.09 Å². The van der Waals surface area contributed by atoms with Crippen LogP contribution in [0.5, 0.6) is 5.75 Å². The summed E-state index contributed by atoms with van der Waals surface area (Å²) in [6.45, 7) is 2.00. The van der Waals surface area contributed by atoms with Crippen LogP contribution in [-0.4, -0.2) is 23.1 Å². The first kappa shape index (κ1) is 25.3. The van der Waals surface area contributed by atoms with Gasteiger partial charge in [-0.1, -0.05) is 60.7 Å². The fourth-order valence-electron chi connectivity index (χ4n) is 3.23. The topological polar surface area (TPSA) is 87.7 Å². The van der Waals surface area contributed by atoms with Gasteiger partial charge in [0, 0.05) is 6.42 Å². The standard InChI is InChI=1S/C25H24I2N2O4/c1-16(19-10-6-3-7-11-19)28-24(31)22(14-18-12-20(26)23(30)21(27)13-18)29-25(32)33-15-17-8-4-2-5-9-17/h2-13,16,22,30H,14-15H2,1H3,(H,28,31)(H,29,32)/t16-,22+/m0/s1. The number of benzene rings is 3. The predicted molar refractivity (Wildman–Crippen MR) is 144 cm³/mol. The van der Waals surface area contributed by atoms with Gasteiger partial charge < -0.3 is 20.5 Å². The van der Waals surface area contributed by atoms with Crippen LogP contribution in [0.4, 0.5) is 4.79 Å². The van der Waals surface area contributed by atoms with Gasteiger partial charge in [-0.15, -0.1) is 0 Å². The molecule has 0 aromatic heterocycles. The third kappa shape index (κ3) is 7.60. The molecule has 8 heteroatoms. The van der Waals surface area contributed by atoms with Crippen molar-refractivity contribution in [3.63, 3.8) is 0 Å². The lowest BCUT2D eigenvalue weighted by Gasteiger charge is -2.22. The summed E-state index contributed by atoms with van der Waals surface area (Å²) < 4.78 is 6.69. The molecule has 2 amide bonds. The van der Waals surface area contributed by atoms with E-state index >= 15 is 0 Å². The largest absolute Gasteiger partial charge is 0.506 e. The van der Waals surface area contributed by atoms with Crippen molar-refractivity contribution in [2.75, 3.05) is 0 Å². The van der Waals surface area contributed by atoms with Gasteiger partial charge in [-0.3, -0.25) is 4.79 Å². The average Bonchev–Trinajstić information content (AvgIpc) is 2.82. The van der Waals surface area contributed by atoms with Gasteiger partial charge in [-0.2, -0.15) is 0 Å². The summed E-state index contributed by atoms with van der Waals surface area (Å²) in [5, 5.41) is 15.7. The van der Waals surface area contributed by atoms with Gasteiger partial charge in [0.05, 0.1) is 13.2 Å². The molecular weight excluding hydrogens is 646 g/mol. The molecule has 3 aromatic rings. The molecule has 3 N–H and O–H groups in total. The maximum atomic E-state index is 13.1. The highest BCUT2D eigenvalue weighted by atomic mass is 127. The Labute approximate surface area is 220 Å². The number of rotatable bonds is 8. The Hall–Kier alpha value is -2.34. The highest BCUT2D eigenvalue weighted by Gasteiger charge is 2.24. The number of amides is 2. The maximum absolute atomic E-state index is 13.1. The summed E-state index contributed by atoms with van der Waals surface area (Å²) in [6.07, 6.45) is -0.422. The van der Waals surface area contributed by atoms with Crippen molar-refractivity contribution in [3.05, 3.63) is 96.6 Å². The summed E-state index contributed by atoms with van der Waals surface area (Å²) in [7, 11) is 0. The Bertz CT molecular complexity index is 1070. The fourth-order valence-corrected chi connectivity index (χ4v) is 5.12. The second-order valence-corrected chi connectivity index (χ2v) is 9.84. The molecule has 3 aromatic carbocycles. The quantitative estimate of drug-likeness (QED) is 0.284. The molecule has 0 heterocycles. The zero-order chi connectivity index (χ0) is 23.8. The van der Waals surface area contributed by atoms with Crippen LogP contribution in [0.3, 0.4) is 0 Å². The smallest absolute Gasteiger partial charge is 0.408 e. The number of ether oxygens (including phenoxy) is 1. The molecule has 6 nitrogen and oxygen atoms in total. The van der Waals surface area contributed by atoms with Crippen molar-refractivity contribution in [3.8, 4) is 5.75 Å². The van der Waals surface area contributed by atoms with Crippen LogP contribution >= 0.6 is 45.2 Å². The first-order chi connectivity index (χ1) is 15.8. The van der Waals surface area contributed by atoms with E-state index in [9.17, 15) is 14.7 Å². The zero-order valence-electron chi connectivity index (χ0n) is 17.9. The molecule has 0 fully saturated rings. The minimum Gasteiger partial charge on any atom is -0.506 e. The van der Waals surface area contributed by atoms with Crippen molar-refractivity contribution in [1.29, 1.82) is 0 Å². The minimum absolute atomic E-state index is 0.108. The summed E-state index contributed by atoms with van der Waals surface area (Å²) in [5.41, 5.74) is 2.64. The first-order valence-corrected chi connectivity index (χ1v) is 12.5. The summed E-state index contributed by atoms with van der Waals surface area (Å²) in [6, 6.07) is 21.5. The average molecular weight is 670 g/mol. The van der Waals surface area contributed by atoms with E-state index in [0.29, 0.717) is 7.14 Å². The molecule has 33 heavy (non-hydrogen) atoms. The second-order valence-electron chi connectivity index (χ2n) is 7.51. The van der Waals surface area contributed by atoms with E-state index in [0.717, 1.165) is 16.7 Å². The van der Waals surface area contributed by atoms with E-state index in [1.165, 1.54) is 0 Å². The van der Waals surface area contributed by atoms with Gasteiger partial charge in [0.2, 0.25) is 5.91 Å². The first-order valence-electron chi connectivity index (χ1n) is 10.3. The Kier molecular flexibility index (Phi) is 9.36. The van der Waals surface area contributed by atoms with Crippen molar-refractivity contribution in [2.24, 2.45) is 0 Å². The number of hydrogen-bond donors (Lipinski definition) is 3. The van der Waals surface area contributed by atoms with Crippen LogP contribution in [0.2, 0.25) is 0 Å².